The van der Waals surface area contributed by atoms with Gasteiger partial charge in [-0.2, -0.15) is 0 Å². The molecule has 172 valence electrons. The number of aliphatic carboxylic acids is 1. The van der Waals surface area contributed by atoms with Crippen LogP contribution in [-0.2, 0) is 32.1 Å². The molecule has 10 heteroatoms. The zero-order valence-electron chi connectivity index (χ0n) is 16.9. The average molecular weight is 453 g/mol. The highest BCUT2D eigenvalue weighted by Gasteiger charge is 2.31. The van der Waals surface area contributed by atoms with Crippen molar-refractivity contribution in [3.05, 3.63) is 65.7 Å². The van der Waals surface area contributed by atoms with Crippen LogP contribution < -0.4 is 10.1 Å². The predicted molar refractivity (Wildman–Crippen MR) is 106 cm³/mol. The first-order chi connectivity index (χ1) is 15.1. The predicted octanol–water partition coefficient (Wildman–Crippen LogP) is 3.47. The molecule has 0 aliphatic rings. The lowest BCUT2D eigenvalue weighted by Crippen LogP contribution is -2.37. The smallest absolute Gasteiger partial charge is 0.481 e. The standard InChI is InChI=1S/C22H22F3NO6/c23-22(24,25)32-17-8-6-15(7-9-17)12-13-26-20(29)18(10-11-19(27)28)21(30)31-14-16-4-2-1-3-5-16/h1-9,18H,10-14H2,(H,26,29)(H,27,28). The number of carboxylic acid groups (broad SMARTS) is 1. The SMILES string of the molecule is O=C(O)CCC(C(=O)NCCc1ccc(OC(F)(F)F)cc1)C(=O)OCc1ccccc1. The van der Waals surface area contributed by atoms with Crippen molar-refractivity contribution in [2.75, 3.05) is 6.54 Å². The molecule has 2 rings (SSSR count). The third-order valence-electron chi connectivity index (χ3n) is 4.34. The lowest BCUT2D eigenvalue weighted by Gasteiger charge is -2.15. The maximum absolute atomic E-state index is 12.5. The molecule has 0 aliphatic heterocycles. The van der Waals surface area contributed by atoms with Crippen molar-refractivity contribution in [1.82, 2.24) is 5.32 Å². The van der Waals surface area contributed by atoms with Gasteiger partial charge in [-0.3, -0.25) is 14.4 Å². The number of hydrogen-bond donors (Lipinski definition) is 2. The van der Waals surface area contributed by atoms with E-state index in [1.807, 2.05) is 0 Å². The van der Waals surface area contributed by atoms with Gasteiger partial charge in [0.1, 0.15) is 18.3 Å². The lowest BCUT2D eigenvalue weighted by molar-refractivity contribution is -0.274. The van der Waals surface area contributed by atoms with Crippen molar-refractivity contribution in [3.8, 4) is 5.75 Å². The first-order valence-corrected chi connectivity index (χ1v) is 9.69. The Morgan fingerprint density at radius 3 is 2.22 bits per heavy atom. The largest absolute Gasteiger partial charge is 0.573 e. The minimum absolute atomic E-state index is 0.0527. The Hall–Kier alpha value is -3.56. The van der Waals surface area contributed by atoms with E-state index in [1.54, 1.807) is 30.3 Å². The number of carbonyl (C=O) groups excluding carboxylic acids is 2. The Balaban J connectivity index is 1.88. The molecule has 0 fully saturated rings. The molecule has 0 radical (unpaired) electrons. The van der Waals surface area contributed by atoms with Gasteiger partial charge >= 0.3 is 18.3 Å². The highest BCUT2D eigenvalue weighted by Crippen LogP contribution is 2.22. The zero-order valence-corrected chi connectivity index (χ0v) is 16.9. The number of carbonyl (C=O) groups is 3. The second kappa shape index (κ2) is 11.7. The summed E-state index contributed by atoms with van der Waals surface area (Å²) in [7, 11) is 0. The number of rotatable bonds is 11. The zero-order chi connectivity index (χ0) is 23.6. The summed E-state index contributed by atoms with van der Waals surface area (Å²) in [5.74, 6) is -4.32. The Morgan fingerprint density at radius 2 is 1.62 bits per heavy atom. The first-order valence-electron chi connectivity index (χ1n) is 9.69. The van der Waals surface area contributed by atoms with Crippen LogP contribution in [0.15, 0.2) is 54.6 Å². The fraction of sp³-hybridized carbons (Fsp3) is 0.318. The summed E-state index contributed by atoms with van der Waals surface area (Å²) in [5.41, 5.74) is 1.35. The van der Waals surface area contributed by atoms with Gasteiger partial charge in [-0.05, 0) is 36.1 Å². The molecule has 0 bridgehead atoms. The Labute approximate surface area is 182 Å². The molecule has 2 aromatic carbocycles. The van der Waals surface area contributed by atoms with Crippen molar-refractivity contribution >= 4 is 17.8 Å². The average Bonchev–Trinajstić information content (AvgIpc) is 2.73. The summed E-state index contributed by atoms with van der Waals surface area (Å²) in [6.07, 6.45) is -5.12. The van der Waals surface area contributed by atoms with E-state index in [1.165, 1.54) is 12.1 Å². The van der Waals surface area contributed by atoms with Crippen molar-refractivity contribution < 1.29 is 42.1 Å². The molecule has 0 aromatic heterocycles. The summed E-state index contributed by atoms with van der Waals surface area (Å²) >= 11 is 0. The van der Waals surface area contributed by atoms with Crippen LogP contribution in [-0.4, -0.2) is 35.9 Å². The van der Waals surface area contributed by atoms with Gasteiger partial charge in [0.25, 0.3) is 0 Å². The lowest BCUT2D eigenvalue weighted by atomic mass is 10.0. The van der Waals surface area contributed by atoms with E-state index >= 15 is 0 Å². The molecule has 0 heterocycles. The molecule has 1 amide bonds. The summed E-state index contributed by atoms with van der Waals surface area (Å²) in [5, 5.41) is 11.4. The van der Waals surface area contributed by atoms with Crippen LogP contribution in [0.5, 0.6) is 5.75 Å². The van der Waals surface area contributed by atoms with Crippen LogP contribution >= 0.6 is 0 Å². The monoisotopic (exact) mass is 453 g/mol. The molecule has 0 saturated carbocycles. The maximum Gasteiger partial charge on any atom is 0.573 e. The van der Waals surface area contributed by atoms with Crippen LogP contribution in [0.2, 0.25) is 0 Å². The highest BCUT2D eigenvalue weighted by molar-refractivity contribution is 5.98. The Kier molecular flexibility index (Phi) is 9.06. The van der Waals surface area contributed by atoms with Gasteiger partial charge in [-0.25, -0.2) is 0 Å². The number of ether oxygens (including phenoxy) is 2. The second-order valence-corrected chi connectivity index (χ2v) is 6.81. The van der Waals surface area contributed by atoms with E-state index in [0.717, 1.165) is 17.7 Å². The first kappa shape index (κ1) is 24.7. The summed E-state index contributed by atoms with van der Waals surface area (Å²) < 4.78 is 45.5. The second-order valence-electron chi connectivity index (χ2n) is 6.81. The van der Waals surface area contributed by atoms with Crippen molar-refractivity contribution in [2.45, 2.75) is 32.2 Å². The molecular weight excluding hydrogens is 431 g/mol. The molecule has 0 spiro atoms. The number of esters is 1. The molecule has 0 saturated heterocycles. The van der Waals surface area contributed by atoms with Gasteiger partial charge in [0.05, 0.1) is 0 Å². The van der Waals surface area contributed by atoms with E-state index in [-0.39, 0.29) is 38.2 Å². The minimum atomic E-state index is -4.78. The van der Waals surface area contributed by atoms with Gasteiger partial charge < -0.3 is 19.9 Å². The van der Waals surface area contributed by atoms with Gasteiger partial charge in [-0.15, -0.1) is 13.2 Å². The number of alkyl halides is 3. The van der Waals surface area contributed by atoms with Crippen LogP contribution in [0.3, 0.4) is 0 Å². The molecule has 7 nitrogen and oxygen atoms in total. The normalized spacial score (nSPS) is 12.0. The Bertz CT molecular complexity index is 900. The van der Waals surface area contributed by atoms with Crippen LogP contribution in [0.25, 0.3) is 0 Å². The van der Waals surface area contributed by atoms with Gasteiger partial charge in [-0.1, -0.05) is 42.5 Å². The third-order valence-corrected chi connectivity index (χ3v) is 4.34. The molecule has 1 atom stereocenters. The van der Waals surface area contributed by atoms with E-state index in [2.05, 4.69) is 10.1 Å². The number of nitrogens with one attached hydrogen (secondary N) is 1. The van der Waals surface area contributed by atoms with E-state index in [0.29, 0.717) is 5.56 Å². The summed E-state index contributed by atoms with van der Waals surface area (Å²) in [4.78, 5) is 35.7. The van der Waals surface area contributed by atoms with Crippen LogP contribution in [0.4, 0.5) is 13.2 Å². The summed E-state index contributed by atoms with van der Waals surface area (Å²) in [6.45, 7) is 0.0384. The molecular formula is C22H22F3NO6. The quantitative estimate of drug-likeness (QED) is 0.399. The number of amides is 1. The number of carboxylic acids is 1. The fourth-order valence-electron chi connectivity index (χ4n) is 2.76. The van der Waals surface area contributed by atoms with Crippen molar-refractivity contribution in [2.24, 2.45) is 5.92 Å². The van der Waals surface area contributed by atoms with Crippen LogP contribution in [0.1, 0.15) is 24.0 Å². The summed E-state index contributed by atoms with van der Waals surface area (Å²) in [6, 6.07) is 14.0. The third kappa shape index (κ3) is 9.07. The number of halogens is 3. The minimum Gasteiger partial charge on any atom is -0.481 e. The topological polar surface area (TPSA) is 102 Å². The van der Waals surface area contributed by atoms with Gasteiger partial charge in [0.2, 0.25) is 5.91 Å². The highest BCUT2D eigenvalue weighted by atomic mass is 19.4. The molecule has 2 aromatic rings. The van der Waals surface area contributed by atoms with Crippen LogP contribution in [0, 0.1) is 5.92 Å². The van der Waals surface area contributed by atoms with E-state index in [4.69, 9.17) is 9.84 Å². The number of benzene rings is 2. The Morgan fingerprint density at radius 1 is 0.969 bits per heavy atom. The molecule has 2 N–H and O–H groups in total. The van der Waals surface area contributed by atoms with Crippen molar-refractivity contribution in [1.29, 1.82) is 0 Å². The van der Waals surface area contributed by atoms with Crippen molar-refractivity contribution in [3.63, 3.8) is 0 Å². The van der Waals surface area contributed by atoms with E-state index < -0.39 is 30.1 Å². The fourth-order valence-corrected chi connectivity index (χ4v) is 2.76. The van der Waals surface area contributed by atoms with E-state index in [9.17, 15) is 27.6 Å². The molecule has 32 heavy (non-hydrogen) atoms. The molecule has 0 aliphatic carbocycles. The number of hydrogen-bond acceptors (Lipinski definition) is 5. The molecule has 1 unspecified atom stereocenters. The van der Waals surface area contributed by atoms with Gasteiger partial charge in [0, 0.05) is 13.0 Å². The van der Waals surface area contributed by atoms with Gasteiger partial charge in [0.15, 0.2) is 0 Å². The maximum atomic E-state index is 12.5.